The van der Waals surface area contributed by atoms with Crippen LogP contribution in [0.3, 0.4) is 0 Å². The first-order valence-corrected chi connectivity index (χ1v) is 14.8. The minimum absolute atomic E-state index is 0.519. The molecule has 7 rings (SSSR count). The number of piperidine rings is 1. The van der Waals surface area contributed by atoms with Gasteiger partial charge >= 0.3 is 0 Å². The highest BCUT2D eigenvalue weighted by molar-refractivity contribution is 5.95. The van der Waals surface area contributed by atoms with Crippen LogP contribution >= 0.6 is 0 Å². The zero-order valence-corrected chi connectivity index (χ0v) is 23.0. The first-order valence-electron chi connectivity index (χ1n) is 14.8. The number of nitriles is 1. The van der Waals surface area contributed by atoms with Gasteiger partial charge in [0.2, 0.25) is 0 Å². The van der Waals surface area contributed by atoms with E-state index in [1.807, 2.05) is 12.1 Å². The standard InChI is InChI=1S/C32H39N7/c1-23-19-38(31-9-6-25(18-33)32-30(31)3-2-11-35-32)22-29-17-28(10-14-39(23)29)37-20-26(21-37)24-4-7-27(8-5-24)36-15-12-34-13-16-36/h2-9,11,23,26,28-29,34H,10,12-17,19-22H2,1H3. The van der Waals surface area contributed by atoms with Crippen molar-refractivity contribution >= 4 is 22.3 Å². The van der Waals surface area contributed by atoms with Crippen molar-refractivity contribution in [1.82, 2.24) is 20.1 Å². The fourth-order valence-electron chi connectivity index (χ4n) is 7.51. The van der Waals surface area contributed by atoms with Crippen LogP contribution in [-0.2, 0) is 0 Å². The Kier molecular flexibility index (Phi) is 6.64. The van der Waals surface area contributed by atoms with Crippen LogP contribution in [0.1, 0.15) is 36.8 Å². The van der Waals surface area contributed by atoms with Crippen molar-refractivity contribution in [3.63, 3.8) is 0 Å². The number of benzene rings is 2. The van der Waals surface area contributed by atoms with Crippen molar-refractivity contribution in [2.24, 2.45) is 0 Å². The van der Waals surface area contributed by atoms with E-state index in [0.29, 0.717) is 29.6 Å². The summed E-state index contributed by atoms with van der Waals surface area (Å²) in [7, 11) is 0. The predicted octanol–water partition coefficient (Wildman–Crippen LogP) is 3.66. The Morgan fingerprint density at radius 2 is 1.72 bits per heavy atom. The Labute approximate surface area is 232 Å². The molecule has 202 valence electrons. The van der Waals surface area contributed by atoms with Gasteiger partial charge in [-0.1, -0.05) is 12.1 Å². The number of likely N-dealkylation sites (tertiary alicyclic amines) is 1. The maximum atomic E-state index is 9.58. The summed E-state index contributed by atoms with van der Waals surface area (Å²) >= 11 is 0. The first kappa shape index (κ1) is 24.8. The molecule has 7 nitrogen and oxygen atoms in total. The smallest absolute Gasteiger partial charge is 0.101 e. The van der Waals surface area contributed by atoms with Crippen LogP contribution in [0.2, 0.25) is 0 Å². The maximum absolute atomic E-state index is 9.58. The normalized spacial score (nSPS) is 26.7. The fraction of sp³-hybridized carbons (Fsp3) is 0.500. The molecule has 4 aliphatic rings. The van der Waals surface area contributed by atoms with Crippen molar-refractivity contribution in [1.29, 1.82) is 5.26 Å². The zero-order chi connectivity index (χ0) is 26.3. The fourth-order valence-corrected chi connectivity index (χ4v) is 7.51. The topological polar surface area (TPSA) is 61.7 Å². The summed E-state index contributed by atoms with van der Waals surface area (Å²) in [4.78, 5) is 15.1. The van der Waals surface area contributed by atoms with Crippen LogP contribution in [0.15, 0.2) is 54.7 Å². The van der Waals surface area contributed by atoms with Gasteiger partial charge in [-0.25, -0.2) is 0 Å². The molecule has 0 bridgehead atoms. The highest BCUT2D eigenvalue weighted by Gasteiger charge is 2.41. The number of hydrogen-bond donors (Lipinski definition) is 1. The summed E-state index contributed by atoms with van der Waals surface area (Å²) in [6.07, 6.45) is 4.31. The summed E-state index contributed by atoms with van der Waals surface area (Å²) in [5, 5.41) is 14.1. The Bertz CT molecular complexity index is 1350. The third-order valence-corrected chi connectivity index (χ3v) is 9.70. The Hall–Kier alpha value is -3.18. The molecule has 5 heterocycles. The van der Waals surface area contributed by atoms with Gasteiger partial charge in [0, 0.05) is 106 Å². The number of aromatic nitrogens is 1. The number of nitrogens with one attached hydrogen (secondary N) is 1. The van der Waals surface area contributed by atoms with Gasteiger partial charge in [-0.05, 0) is 61.7 Å². The Morgan fingerprint density at radius 3 is 2.51 bits per heavy atom. The summed E-state index contributed by atoms with van der Waals surface area (Å²) < 4.78 is 0. The first-order chi connectivity index (χ1) is 19.2. The van der Waals surface area contributed by atoms with E-state index >= 15 is 0 Å². The lowest BCUT2D eigenvalue weighted by Crippen LogP contribution is -2.64. The molecule has 3 unspecified atom stereocenters. The van der Waals surface area contributed by atoms with Crippen LogP contribution < -0.4 is 15.1 Å². The second kappa shape index (κ2) is 10.4. The van der Waals surface area contributed by atoms with Crippen LogP contribution in [-0.4, -0.2) is 91.8 Å². The van der Waals surface area contributed by atoms with Crippen LogP contribution in [0.5, 0.6) is 0 Å². The molecule has 0 amide bonds. The van der Waals surface area contributed by atoms with E-state index in [0.717, 1.165) is 50.2 Å². The van der Waals surface area contributed by atoms with E-state index in [-0.39, 0.29) is 0 Å². The number of pyridine rings is 1. The van der Waals surface area contributed by atoms with Crippen LogP contribution in [0.4, 0.5) is 11.4 Å². The van der Waals surface area contributed by atoms with E-state index in [4.69, 9.17) is 0 Å². The van der Waals surface area contributed by atoms with E-state index in [1.54, 1.807) is 6.20 Å². The molecule has 0 radical (unpaired) electrons. The number of fused-ring (bicyclic) bond motifs is 2. The molecule has 7 heteroatoms. The number of piperazine rings is 2. The molecule has 4 aliphatic heterocycles. The van der Waals surface area contributed by atoms with E-state index in [2.05, 4.69) is 79.3 Å². The number of hydrogen-bond acceptors (Lipinski definition) is 7. The van der Waals surface area contributed by atoms with Gasteiger partial charge in [-0.2, -0.15) is 5.26 Å². The molecule has 4 fully saturated rings. The highest BCUT2D eigenvalue weighted by Crippen LogP contribution is 2.37. The lowest BCUT2D eigenvalue weighted by atomic mass is 9.85. The average molecular weight is 522 g/mol. The lowest BCUT2D eigenvalue weighted by Gasteiger charge is -2.54. The average Bonchev–Trinajstić information content (AvgIpc) is 2.96. The van der Waals surface area contributed by atoms with E-state index in [1.165, 1.54) is 49.4 Å². The van der Waals surface area contributed by atoms with Crippen molar-refractivity contribution in [3.8, 4) is 6.07 Å². The minimum atomic E-state index is 0.519. The van der Waals surface area contributed by atoms with Gasteiger partial charge in [0.25, 0.3) is 0 Å². The Balaban J connectivity index is 1.00. The second-order valence-corrected chi connectivity index (χ2v) is 11.9. The van der Waals surface area contributed by atoms with Crippen LogP contribution in [0, 0.1) is 11.3 Å². The summed E-state index contributed by atoms with van der Waals surface area (Å²) in [6, 6.07) is 21.7. The van der Waals surface area contributed by atoms with Crippen molar-refractivity contribution in [2.75, 3.05) is 68.7 Å². The predicted molar refractivity (Wildman–Crippen MR) is 157 cm³/mol. The Morgan fingerprint density at radius 1 is 0.897 bits per heavy atom. The SMILES string of the molecule is CC1CN(c2ccc(C#N)c3ncccc23)CC2CC(N3CC(c4ccc(N5CCNCC5)cc4)C3)CCN12. The van der Waals surface area contributed by atoms with Gasteiger partial charge < -0.3 is 15.1 Å². The minimum Gasteiger partial charge on any atom is -0.369 e. The molecule has 1 aromatic heterocycles. The molecule has 0 saturated carbocycles. The molecule has 4 saturated heterocycles. The molecule has 3 atom stereocenters. The molecule has 39 heavy (non-hydrogen) atoms. The van der Waals surface area contributed by atoms with Crippen molar-refractivity contribution in [3.05, 3.63) is 65.9 Å². The highest BCUT2D eigenvalue weighted by atomic mass is 15.3. The lowest BCUT2D eigenvalue weighted by molar-refractivity contribution is 0.00151. The maximum Gasteiger partial charge on any atom is 0.101 e. The van der Waals surface area contributed by atoms with Gasteiger partial charge in [-0.15, -0.1) is 0 Å². The van der Waals surface area contributed by atoms with Crippen molar-refractivity contribution in [2.45, 2.75) is 43.8 Å². The van der Waals surface area contributed by atoms with Crippen LogP contribution in [0.25, 0.3) is 10.9 Å². The monoisotopic (exact) mass is 521 g/mol. The van der Waals surface area contributed by atoms with Gasteiger partial charge in [0.15, 0.2) is 0 Å². The largest absolute Gasteiger partial charge is 0.369 e. The zero-order valence-electron chi connectivity index (χ0n) is 23.0. The summed E-state index contributed by atoms with van der Waals surface area (Å²) in [6.45, 7) is 12.4. The van der Waals surface area contributed by atoms with E-state index < -0.39 is 0 Å². The number of nitrogens with zero attached hydrogens (tertiary/aromatic N) is 6. The molecular weight excluding hydrogens is 482 g/mol. The van der Waals surface area contributed by atoms with Gasteiger partial charge in [0.05, 0.1) is 11.1 Å². The third kappa shape index (κ3) is 4.65. The van der Waals surface area contributed by atoms with E-state index in [9.17, 15) is 5.26 Å². The molecule has 3 aromatic rings. The number of rotatable bonds is 4. The second-order valence-electron chi connectivity index (χ2n) is 11.9. The van der Waals surface area contributed by atoms with Crippen molar-refractivity contribution < 1.29 is 0 Å². The van der Waals surface area contributed by atoms with Gasteiger partial charge in [0.1, 0.15) is 6.07 Å². The summed E-state index contributed by atoms with van der Waals surface area (Å²) in [5.41, 5.74) is 5.57. The third-order valence-electron chi connectivity index (χ3n) is 9.70. The number of anilines is 2. The quantitative estimate of drug-likeness (QED) is 0.562. The van der Waals surface area contributed by atoms with Gasteiger partial charge in [-0.3, -0.25) is 14.8 Å². The molecular formula is C32H39N7. The molecule has 0 aliphatic carbocycles. The molecule has 0 spiro atoms. The summed E-state index contributed by atoms with van der Waals surface area (Å²) in [5.74, 6) is 0.666. The molecule has 1 N–H and O–H groups in total. The molecule has 2 aromatic carbocycles.